The van der Waals surface area contributed by atoms with Crippen molar-refractivity contribution < 1.29 is 4.92 Å². The number of nitrogens with zero attached hydrogens (tertiary/aromatic N) is 1. The molecule has 1 rings (SSSR count). The van der Waals surface area contributed by atoms with E-state index in [4.69, 9.17) is 0 Å². The van der Waals surface area contributed by atoms with Gasteiger partial charge in [0.1, 0.15) is 0 Å². The van der Waals surface area contributed by atoms with E-state index in [0.29, 0.717) is 9.37 Å². The highest BCUT2D eigenvalue weighted by atomic mass is 79.9. The SMILES string of the molecule is O=[N+]([O-])c1cc(S)c(Br)c(Br)c1. The Bertz CT molecular complexity index is 319. The molecule has 0 aliphatic carbocycles. The van der Waals surface area contributed by atoms with E-state index >= 15 is 0 Å². The van der Waals surface area contributed by atoms with Gasteiger partial charge in [0.15, 0.2) is 0 Å². The third-order valence-electron chi connectivity index (χ3n) is 1.20. The molecule has 0 radical (unpaired) electrons. The van der Waals surface area contributed by atoms with Crippen molar-refractivity contribution >= 4 is 50.2 Å². The molecule has 3 nitrogen and oxygen atoms in total. The molecular weight excluding hydrogens is 310 g/mol. The number of thiol groups is 1. The summed E-state index contributed by atoms with van der Waals surface area (Å²) >= 11 is 10.4. The average molecular weight is 313 g/mol. The molecule has 0 heterocycles. The lowest BCUT2D eigenvalue weighted by Gasteiger charge is -1.99. The number of nitro benzene ring substituents is 1. The third-order valence-corrected chi connectivity index (χ3v) is 3.88. The van der Waals surface area contributed by atoms with Gasteiger partial charge in [0.25, 0.3) is 5.69 Å². The Hall–Kier alpha value is -0.0700. The lowest BCUT2D eigenvalue weighted by Crippen LogP contribution is -1.88. The van der Waals surface area contributed by atoms with Crippen LogP contribution in [0.5, 0.6) is 0 Å². The molecule has 0 bridgehead atoms. The summed E-state index contributed by atoms with van der Waals surface area (Å²) in [7, 11) is 0. The second-order valence-corrected chi connectivity index (χ2v) is 4.15. The normalized spacial score (nSPS) is 9.92. The van der Waals surface area contributed by atoms with Crippen molar-refractivity contribution in [3.8, 4) is 0 Å². The third kappa shape index (κ3) is 1.99. The molecule has 0 fully saturated rings. The van der Waals surface area contributed by atoms with Crippen LogP contribution in [0.4, 0.5) is 5.69 Å². The lowest BCUT2D eigenvalue weighted by molar-refractivity contribution is -0.385. The van der Waals surface area contributed by atoms with Crippen LogP contribution >= 0.6 is 44.5 Å². The first-order valence-electron chi connectivity index (χ1n) is 2.85. The van der Waals surface area contributed by atoms with Gasteiger partial charge in [-0.15, -0.1) is 12.6 Å². The van der Waals surface area contributed by atoms with Crippen LogP contribution in [-0.4, -0.2) is 4.92 Å². The zero-order valence-electron chi connectivity index (χ0n) is 5.62. The van der Waals surface area contributed by atoms with Crippen molar-refractivity contribution in [2.24, 2.45) is 0 Å². The Morgan fingerprint density at radius 1 is 1.42 bits per heavy atom. The number of nitro groups is 1. The van der Waals surface area contributed by atoms with E-state index in [1.807, 2.05) is 0 Å². The Labute approximate surface area is 91.0 Å². The molecule has 12 heavy (non-hydrogen) atoms. The summed E-state index contributed by atoms with van der Waals surface area (Å²) in [4.78, 5) is 10.4. The molecule has 1 aromatic rings. The Morgan fingerprint density at radius 3 is 2.42 bits per heavy atom. The second kappa shape index (κ2) is 3.76. The minimum absolute atomic E-state index is 0.0232. The van der Waals surface area contributed by atoms with Crippen LogP contribution in [0.15, 0.2) is 26.0 Å². The minimum Gasteiger partial charge on any atom is -0.258 e. The summed E-state index contributed by atoms with van der Waals surface area (Å²) in [5, 5.41) is 10.4. The van der Waals surface area contributed by atoms with Crippen molar-refractivity contribution in [1.82, 2.24) is 0 Å². The van der Waals surface area contributed by atoms with Crippen LogP contribution in [0.25, 0.3) is 0 Å². The van der Waals surface area contributed by atoms with E-state index in [2.05, 4.69) is 44.5 Å². The number of hydrogen-bond donors (Lipinski definition) is 1. The van der Waals surface area contributed by atoms with Crippen LogP contribution in [-0.2, 0) is 0 Å². The fourth-order valence-electron chi connectivity index (χ4n) is 0.666. The maximum Gasteiger partial charge on any atom is 0.271 e. The number of hydrogen-bond acceptors (Lipinski definition) is 3. The zero-order valence-corrected chi connectivity index (χ0v) is 9.69. The predicted molar refractivity (Wildman–Crippen MR) is 55.7 cm³/mol. The van der Waals surface area contributed by atoms with Crippen LogP contribution in [0.1, 0.15) is 0 Å². The highest BCUT2D eigenvalue weighted by molar-refractivity contribution is 9.13. The summed E-state index contributed by atoms with van der Waals surface area (Å²) in [6.07, 6.45) is 0. The van der Waals surface area contributed by atoms with Crippen molar-refractivity contribution in [3.05, 3.63) is 31.2 Å². The monoisotopic (exact) mass is 311 g/mol. The molecular formula is C6H3Br2NO2S. The van der Waals surface area contributed by atoms with Crippen molar-refractivity contribution in [3.63, 3.8) is 0 Å². The molecule has 0 saturated carbocycles. The van der Waals surface area contributed by atoms with E-state index in [-0.39, 0.29) is 5.69 Å². The number of rotatable bonds is 1. The largest absolute Gasteiger partial charge is 0.271 e. The molecule has 0 atom stereocenters. The molecule has 0 saturated heterocycles. The van der Waals surface area contributed by atoms with Gasteiger partial charge in [-0.25, -0.2) is 0 Å². The van der Waals surface area contributed by atoms with E-state index in [9.17, 15) is 10.1 Å². The number of benzene rings is 1. The van der Waals surface area contributed by atoms with Gasteiger partial charge in [-0.2, -0.15) is 0 Å². The molecule has 0 unspecified atom stereocenters. The van der Waals surface area contributed by atoms with Crippen molar-refractivity contribution in [2.45, 2.75) is 4.90 Å². The zero-order chi connectivity index (χ0) is 9.30. The summed E-state index contributed by atoms with van der Waals surface area (Å²) < 4.78 is 1.35. The quantitative estimate of drug-likeness (QED) is 0.490. The van der Waals surface area contributed by atoms with Crippen LogP contribution < -0.4 is 0 Å². The first-order valence-corrected chi connectivity index (χ1v) is 4.88. The van der Waals surface area contributed by atoms with Crippen LogP contribution in [0, 0.1) is 10.1 Å². The van der Waals surface area contributed by atoms with Gasteiger partial charge in [0.2, 0.25) is 0 Å². The maximum absolute atomic E-state index is 10.4. The summed E-state index contributed by atoms with van der Waals surface area (Å²) in [6, 6.07) is 2.81. The molecule has 0 aliphatic heterocycles. The van der Waals surface area contributed by atoms with Gasteiger partial charge in [0, 0.05) is 26.0 Å². The molecule has 1 aromatic carbocycles. The smallest absolute Gasteiger partial charge is 0.258 e. The van der Waals surface area contributed by atoms with Crippen molar-refractivity contribution in [1.29, 1.82) is 0 Å². The van der Waals surface area contributed by atoms with Gasteiger partial charge in [-0.05, 0) is 31.9 Å². The molecule has 0 aromatic heterocycles. The van der Waals surface area contributed by atoms with Gasteiger partial charge < -0.3 is 0 Å². The minimum atomic E-state index is -0.461. The average Bonchev–Trinajstić information content (AvgIpc) is 1.99. The predicted octanol–water partition coefficient (Wildman–Crippen LogP) is 3.41. The Morgan fingerprint density at radius 2 is 2.00 bits per heavy atom. The van der Waals surface area contributed by atoms with E-state index in [1.165, 1.54) is 12.1 Å². The van der Waals surface area contributed by atoms with Crippen molar-refractivity contribution in [2.75, 3.05) is 0 Å². The van der Waals surface area contributed by atoms with E-state index < -0.39 is 4.92 Å². The lowest BCUT2D eigenvalue weighted by atomic mass is 10.3. The molecule has 0 N–H and O–H groups in total. The van der Waals surface area contributed by atoms with Gasteiger partial charge in [-0.3, -0.25) is 10.1 Å². The number of non-ortho nitro benzene ring substituents is 1. The van der Waals surface area contributed by atoms with Crippen LogP contribution in [0.2, 0.25) is 0 Å². The van der Waals surface area contributed by atoms with Gasteiger partial charge in [-0.1, -0.05) is 0 Å². The van der Waals surface area contributed by atoms with E-state index in [1.54, 1.807) is 0 Å². The fourth-order valence-corrected chi connectivity index (χ4v) is 1.75. The Kier molecular flexibility index (Phi) is 3.14. The summed E-state index contributed by atoms with van der Waals surface area (Å²) in [5.74, 6) is 0. The Balaban J connectivity index is 3.31. The summed E-state index contributed by atoms with van der Waals surface area (Å²) in [5.41, 5.74) is 0.0232. The molecule has 0 spiro atoms. The highest BCUT2D eigenvalue weighted by Gasteiger charge is 2.10. The van der Waals surface area contributed by atoms with Gasteiger partial charge >= 0.3 is 0 Å². The standard InChI is InChI=1S/C6H3Br2NO2S/c7-4-1-3(9(10)11)2-5(12)6(4)8/h1-2,12H. The van der Waals surface area contributed by atoms with E-state index in [0.717, 1.165) is 4.47 Å². The second-order valence-electron chi connectivity index (χ2n) is 2.02. The fraction of sp³-hybridized carbons (Fsp3) is 0. The maximum atomic E-state index is 10.4. The molecule has 0 amide bonds. The molecule has 6 heteroatoms. The van der Waals surface area contributed by atoms with Crippen LogP contribution in [0.3, 0.4) is 0 Å². The first-order chi connectivity index (χ1) is 5.52. The highest BCUT2D eigenvalue weighted by Crippen LogP contribution is 2.33. The molecule has 0 aliphatic rings. The molecule has 64 valence electrons. The topological polar surface area (TPSA) is 43.1 Å². The van der Waals surface area contributed by atoms with Gasteiger partial charge in [0.05, 0.1) is 4.92 Å². The summed E-state index contributed by atoms with van der Waals surface area (Å²) in [6.45, 7) is 0. The number of halogens is 2. The first kappa shape index (κ1) is 10.0.